The molecule has 2 aromatic rings. The number of piperidine rings is 1. The van der Waals surface area contributed by atoms with Gasteiger partial charge in [-0.1, -0.05) is 0 Å². The molecule has 1 fully saturated rings. The molecule has 1 N–H and O–H groups in total. The van der Waals surface area contributed by atoms with Gasteiger partial charge in [-0.15, -0.1) is 0 Å². The van der Waals surface area contributed by atoms with Crippen LogP contribution in [0.4, 0.5) is 5.82 Å². The van der Waals surface area contributed by atoms with Gasteiger partial charge in [-0.05, 0) is 31.9 Å². The zero-order valence-electron chi connectivity index (χ0n) is 13.4. The van der Waals surface area contributed by atoms with Crippen molar-refractivity contribution in [3.05, 3.63) is 47.7 Å². The number of carbonyl (C=O) groups is 1. The van der Waals surface area contributed by atoms with Gasteiger partial charge in [-0.25, -0.2) is 9.97 Å². The first-order valence-corrected chi connectivity index (χ1v) is 7.87. The maximum absolute atomic E-state index is 12.1. The molecule has 0 bridgehead atoms. The molecular formula is C17H18N6O. The van der Waals surface area contributed by atoms with Crippen molar-refractivity contribution in [2.75, 3.05) is 18.0 Å². The van der Waals surface area contributed by atoms with Crippen LogP contribution in [0.3, 0.4) is 0 Å². The zero-order valence-corrected chi connectivity index (χ0v) is 13.4. The van der Waals surface area contributed by atoms with E-state index < -0.39 is 0 Å². The Hall–Kier alpha value is -3.01. The highest BCUT2D eigenvalue weighted by molar-refractivity contribution is 5.92. The lowest BCUT2D eigenvalue weighted by Gasteiger charge is -2.33. The van der Waals surface area contributed by atoms with Crippen molar-refractivity contribution < 1.29 is 4.79 Å². The fraction of sp³-hybridized carbons (Fsp3) is 0.353. The monoisotopic (exact) mass is 322 g/mol. The van der Waals surface area contributed by atoms with Gasteiger partial charge < -0.3 is 10.2 Å². The predicted octanol–water partition coefficient (Wildman–Crippen LogP) is 1.45. The first kappa shape index (κ1) is 15.9. The van der Waals surface area contributed by atoms with Crippen LogP contribution >= 0.6 is 0 Å². The van der Waals surface area contributed by atoms with E-state index in [0.717, 1.165) is 37.4 Å². The third-order valence-electron chi connectivity index (χ3n) is 4.06. The summed E-state index contributed by atoms with van der Waals surface area (Å²) in [7, 11) is 0. The van der Waals surface area contributed by atoms with Gasteiger partial charge in [0.1, 0.15) is 17.6 Å². The van der Waals surface area contributed by atoms with E-state index >= 15 is 0 Å². The minimum Gasteiger partial charge on any atom is -0.355 e. The Morgan fingerprint density at radius 2 is 2.12 bits per heavy atom. The smallest absolute Gasteiger partial charge is 0.271 e. The average Bonchev–Trinajstić information content (AvgIpc) is 2.63. The van der Waals surface area contributed by atoms with Crippen LogP contribution in [0.5, 0.6) is 0 Å². The number of hydrogen-bond acceptors (Lipinski definition) is 6. The third-order valence-corrected chi connectivity index (χ3v) is 4.06. The Labute approximate surface area is 140 Å². The number of nitrogens with zero attached hydrogens (tertiary/aromatic N) is 5. The number of amides is 1. The molecule has 0 atom stereocenters. The van der Waals surface area contributed by atoms with Crippen molar-refractivity contribution in [3.8, 4) is 6.07 Å². The molecule has 122 valence electrons. The summed E-state index contributed by atoms with van der Waals surface area (Å²) in [5, 5.41) is 12.2. The van der Waals surface area contributed by atoms with Gasteiger partial charge in [-0.3, -0.25) is 9.78 Å². The Morgan fingerprint density at radius 3 is 2.79 bits per heavy atom. The molecule has 0 aliphatic carbocycles. The summed E-state index contributed by atoms with van der Waals surface area (Å²) < 4.78 is 0. The second kappa shape index (κ2) is 7.04. The van der Waals surface area contributed by atoms with Gasteiger partial charge >= 0.3 is 0 Å². The molecule has 1 aliphatic rings. The third kappa shape index (κ3) is 3.49. The van der Waals surface area contributed by atoms with E-state index in [1.54, 1.807) is 6.07 Å². The highest BCUT2D eigenvalue weighted by Crippen LogP contribution is 2.22. The van der Waals surface area contributed by atoms with Gasteiger partial charge in [0.05, 0.1) is 11.8 Å². The molecular weight excluding hydrogens is 304 g/mol. The average molecular weight is 322 g/mol. The Kier molecular flexibility index (Phi) is 4.66. The number of pyridine rings is 1. The van der Waals surface area contributed by atoms with Crippen LogP contribution in [-0.2, 0) is 0 Å². The van der Waals surface area contributed by atoms with Crippen molar-refractivity contribution in [3.63, 3.8) is 0 Å². The summed E-state index contributed by atoms with van der Waals surface area (Å²) in [5.74, 6) is 0.532. The van der Waals surface area contributed by atoms with Crippen LogP contribution in [0.15, 0.2) is 30.7 Å². The Bertz CT molecular complexity index is 762. The van der Waals surface area contributed by atoms with Gasteiger partial charge in [0.2, 0.25) is 0 Å². The van der Waals surface area contributed by atoms with Crippen LogP contribution in [0.25, 0.3) is 0 Å². The number of aryl methyl sites for hydroxylation is 1. The molecule has 3 heterocycles. The molecule has 7 heteroatoms. The summed E-state index contributed by atoms with van der Waals surface area (Å²) in [6.45, 7) is 3.41. The molecule has 0 radical (unpaired) electrons. The summed E-state index contributed by atoms with van der Waals surface area (Å²) in [4.78, 5) is 26.6. The van der Waals surface area contributed by atoms with Gasteiger partial charge in [0.15, 0.2) is 0 Å². The quantitative estimate of drug-likeness (QED) is 0.919. The summed E-state index contributed by atoms with van der Waals surface area (Å²) in [6.07, 6.45) is 6.10. The van der Waals surface area contributed by atoms with E-state index in [4.69, 9.17) is 0 Å². The molecule has 1 saturated heterocycles. The zero-order chi connectivity index (χ0) is 16.9. The molecule has 3 rings (SSSR count). The molecule has 24 heavy (non-hydrogen) atoms. The minimum atomic E-state index is -0.201. The van der Waals surface area contributed by atoms with E-state index in [1.165, 1.54) is 18.6 Å². The van der Waals surface area contributed by atoms with Gasteiger partial charge in [-0.2, -0.15) is 5.26 Å². The molecule has 2 aromatic heterocycles. The maximum atomic E-state index is 12.1. The molecule has 1 amide bonds. The molecule has 0 spiro atoms. The number of hydrogen-bond donors (Lipinski definition) is 1. The largest absolute Gasteiger partial charge is 0.355 e. The number of carbonyl (C=O) groups excluding carboxylic acids is 1. The van der Waals surface area contributed by atoms with Crippen molar-refractivity contribution >= 4 is 11.7 Å². The highest BCUT2D eigenvalue weighted by atomic mass is 16.1. The van der Waals surface area contributed by atoms with Crippen molar-refractivity contribution in [2.24, 2.45) is 0 Å². The summed E-state index contributed by atoms with van der Waals surface area (Å²) in [5.41, 5.74) is 1.80. The fourth-order valence-electron chi connectivity index (χ4n) is 2.78. The van der Waals surface area contributed by atoms with E-state index in [-0.39, 0.29) is 11.9 Å². The lowest BCUT2D eigenvalue weighted by Crippen LogP contribution is -2.45. The number of rotatable bonds is 3. The van der Waals surface area contributed by atoms with E-state index in [0.29, 0.717) is 11.3 Å². The SMILES string of the molecule is Cc1ccc(C#N)c(N2CCC(NC(=O)c3cnccn3)CC2)n1. The van der Waals surface area contributed by atoms with Crippen LogP contribution in [0, 0.1) is 18.3 Å². The van der Waals surface area contributed by atoms with Gasteiger partial charge in [0.25, 0.3) is 5.91 Å². The van der Waals surface area contributed by atoms with Gasteiger partial charge in [0, 0.05) is 37.2 Å². The lowest BCUT2D eigenvalue weighted by molar-refractivity contribution is 0.0925. The summed E-state index contributed by atoms with van der Waals surface area (Å²) in [6, 6.07) is 5.93. The van der Waals surface area contributed by atoms with Crippen LogP contribution < -0.4 is 10.2 Å². The normalized spacial score (nSPS) is 14.9. The van der Waals surface area contributed by atoms with Crippen molar-refractivity contribution in [1.29, 1.82) is 5.26 Å². The molecule has 1 aliphatic heterocycles. The second-order valence-electron chi connectivity index (χ2n) is 5.76. The first-order chi connectivity index (χ1) is 11.7. The van der Waals surface area contributed by atoms with E-state index in [2.05, 4.69) is 31.2 Å². The van der Waals surface area contributed by atoms with Crippen LogP contribution in [0.2, 0.25) is 0 Å². The van der Waals surface area contributed by atoms with Crippen molar-refractivity contribution in [2.45, 2.75) is 25.8 Å². The molecule has 0 unspecified atom stereocenters. The molecule has 0 saturated carbocycles. The highest BCUT2D eigenvalue weighted by Gasteiger charge is 2.24. The predicted molar refractivity (Wildman–Crippen MR) is 88.4 cm³/mol. The number of anilines is 1. The van der Waals surface area contributed by atoms with E-state index in [9.17, 15) is 10.1 Å². The number of nitrogens with one attached hydrogen (secondary N) is 1. The van der Waals surface area contributed by atoms with Crippen molar-refractivity contribution in [1.82, 2.24) is 20.3 Å². The summed E-state index contributed by atoms with van der Waals surface area (Å²) >= 11 is 0. The Balaban J connectivity index is 1.61. The second-order valence-corrected chi connectivity index (χ2v) is 5.76. The topological polar surface area (TPSA) is 94.8 Å². The lowest BCUT2D eigenvalue weighted by atomic mass is 10.0. The number of aromatic nitrogens is 3. The standard InChI is InChI=1S/C17H18N6O/c1-12-2-3-13(10-18)16(21-12)23-8-4-14(5-9-23)22-17(24)15-11-19-6-7-20-15/h2-3,6-7,11,14H,4-5,8-9H2,1H3,(H,22,24). The van der Waals surface area contributed by atoms with Crippen LogP contribution in [-0.4, -0.2) is 40.0 Å². The first-order valence-electron chi connectivity index (χ1n) is 7.87. The maximum Gasteiger partial charge on any atom is 0.271 e. The Morgan fingerprint density at radius 1 is 1.33 bits per heavy atom. The minimum absolute atomic E-state index is 0.0890. The van der Waals surface area contributed by atoms with E-state index in [1.807, 2.05) is 13.0 Å². The fourth-order valence-corrected chi connectivity index (χ4v) is 2.78. The molecule has 0 aromatic carbocycles. The molecule has 7 nitrogen and oxygen atoms in total. The van der Waals surface area contributed by atoms with Crippen LogP contribution in [0.1, 0.15) is 34.6 Å². The number of nitriles is 1.